The normalized spacial score (nSPS) is 24.9. The number of carboxylic acids is 1. The van der Waals surface area contributed by atoms with Crippen molar-refractivity contribution in [2.75, 3.05) is 0 Å². The maximum absolute atomic E-state index is 12.2. The SMILES string of the molecule is CCCC1(CCC=C[C@H]2CCC(=O)[C@@H]2CC=CCCC(O)(O)C(=O)O)CCC1. The lowest BCUT2D eigenvalue weighted by Crippen LogP contribution is -2.37. The minimum Gasteiger partial charge on any atom is -0.477 e. The molecule has 0 unspecified atom stereocenters. The van der Waals surface area contributed by atoms with Crippen molar-refractivity contribution in [3.63, 3.8) is 0 Å². The highest BCUT2D eigenvalue weighted by Gasteiger charge is 2.35. The Kier molecular flexibility index (Phi) is 8.44. The summed E-state index contributed by atoms with van der Waals surface area (Å²) in [5.41, 5.74) is 0.581. The number of rotatable bonds is 12. The average molecular weight is 393 g/mol. The molecule has 0 spiro atoms. The Balaban J connectivity index is 1.76. The molecule has 5 heteroatoms. The monoisotopic (exact) mass is 392 g/mol. The molecule has 5 nitrogen and oxygen atoms in total. The maximum atomic E-state index is 12.2. The van der Waals surface area contributed by atoms with Gasteiger partial charge in [0.25, 0.3) is 5.79 Å². The van der Waals surface area contributed by atoms with Gasteiger partial charge in [0.2, 0.25) is 0 Å². The first-order valence-corrected chi connectivity index (χ1v) is 10.8. The smallest absolute Gasteiger partial charge is 0.364 e. The van der Waals surface area contributed by atoms with Gasteiger partial charge in [0.1, 0.15) is 5.78 Å². The van der Waals surface area contributed by atoms with Crippen molar-refractivity contribution in [1.82, 2.24) is 0 Å². The van der Waals surface area contributed by atoms with Gasteiger partial charge in [-0.25, -0.2) is 4.79 Å². The molecule has 0 saturated heterocycles. The minimum absolute atomic E-state index is 0.00621. The number of aliphatic hydroxyl groups is 2. The largest absolute Gasteiger partial charge is 0.477 e. The van der Waals surface area contributed by atoms with Crippen LogP contribution in [-0.2, 0) is 9.59 Å². The van der Waals surface area contributed by atoms with Gasteiger partial charge in [0.05, 0.1) is 0 Å². The molecule has 2 rings (SSSR count). The van der Waals surface area contributed by atoms with E-state index < -0.39 is 11.8 Å². The van der Waals surface area contributed by atoms with E-state index in [1.807, 2.05) is 6.08 Å². The topological polar surface area (TPSA) is 94.8 Å². The van der Waals surface area contributed by atoms with Crippen LogP contribution >= 0.6 is 0 Å². The van der Waals surface area contributed by atoms with Crippen molar-refractivity contribution in [3.8, 4) is 0 Å². The summed E-state index contributed by atoms with van der Waals surface area (Å²) in [4.78, 5) is 22.9. The molecule has 2 fully saturated rings. The van der Waals surface area contributed by atoms with Crippen molar-refractivity contribution in [1.29, 1.82) is 0 Å². The van der Waals surface area contributed by atoms with E-state index >= 15 is 0 Å². The van der Waals surface area contributed by atoms with Crippen LogP contribution in [0.4, 0.5) is 0 Å². The summed E-state index contributed by atoms with van der Waals surface area (Å²) in [5, 5.41) is 27.2. The van der Waals surface area contributed by atoms with Crippen LogP contribution in [-0.4, -0.2) is 32.9 Å². The number of carbonyl (C=O) groups is 2. The van der Waals surface area contributed by atoms with Gasteiger partial charge in [-0.15, -0.1) is 0 Å². The fraction of sp³-hybridized carbons (Fsp3) is 0.739. The number of carboxylic acid groups (broad SMARTS) is 1. The van der Waals surface area contributed by atoms with E-state index in [0.717, 1.165) is 12.8 Å². The third-order valence-corrected chi connectivity index (χ3v) is 6.63. The number of carbonyl (C=O) groups excluding carboxylic acids is 1. The van der Waals surface area contributed by atoms with E-state index in [2.05, 4.69) is 19.1 Å². The summed E-state index contributed by atoms with van der Waals surface area (Å²) < 4.78 is 0. The molecule has 2 atom stereocenters. The summed E-state index contributed by atoms with van der Waals surface area (Å²) in [6.07, 6.45) is 19.3. The summed E-state index contributed by atoms with van der Waals surface area (Å²) in [6.45, 7) is 2.26. The Morgan fingerprint density at radius 1 is 1.18 bits per heavy atom. The Bertz CT molecular complexity index is 586. The predicted molar refractivity (Wildman–Crippen MR) is 109 cm³/mol. The maximum Gasteiger partial charge on any atom is 0.364 e. The molecule has 0 aliphatic heterocycles. The number of ketones is 1. The highest BCUT2D eigenvalue weighted by Crippen LogP contribution is 2.48. The molecule has 3 N–H and O–H groups in total. The number of allylic oxidation sites excluding steroid dienone is 4. The third kappa shape index (κ3) is 6.28. The van der Waals surface area contributed by atoms with Gasteiger partial charge in [-0.2, -0.15) is 0 Å². The first-order valence-electron chi connectivity index (χ1n) is 10.8. The van der Waals surface area contributed by atoms with Crippen LogP contribution in [0.25, 0.3) is 0 Å². The summed E-state index contributed by atoms with van der Waals surface area (Å²) in [7, 11) is 0. The second kappa shape index (κ2) is 10.4. The van der Waals surface area contributed by atoms with Crippen LogP contribution < -0.4 is 0 Å². The minimum atomic E-state index is -2.69. The van der Waals surface area contributed by atoms with Gasteiger partial charge in [-0.05, 0) is 62.7 Å². The molecular weight excluding hydrogens is 356 g/mol. The van der Waals surface area contributed by atoms with Crippen molar-refractivity contribution >= 4 is 11.8 Å². The van der Waals surface area contributed by atoms with Crippen molar-refractivity contribution in [2.45, 2.75) is 89.8 Å². The second-order valence-corrected chi connectivity index (χ2v) is 8.71. The molecule has 0 bridgehead atoms. The second-order valence-electron chi connectivity index (χ2n) is 8.71. The number of aliphatic carboxylic acids is 1. The predicted octanol–water partition coefficient (Wildman–Crippen LogP) is 4.38. The van der Waals surface area contributed by atoms with E-state index in [0.29, 0.717) is 24.0 Å². The van der Waals surface area contributed by atoms with Gasteiger partial charge < -0.3 is 15.3 Å². The first kappa shape index (κ1) is 22.8. The zero-order valence-corrected chi connectivity index (χ0v) is 17.1. The summed E-state index contributed by atoms with van der Waals surface area (Å²) in [5.74, 6) is -3.75. The van der Waals surface area contributed by atoms with Gasteiger partial charge >= 0.3 is 5.97 Å². The molecular formula is C23H36O5. The summed E-state index contributed by atoms with van der Waals surface area (Å²) in [6, 6.07) is 0. The molecule has 0 heterocycles. The average Bonchev–Trinajstić information content (AvgIpc) is 2.95. The van der Waals surface area contributed by atoms with E-state index in [1.165, 1.54) is 38.5 Å². The first-order chi connectivity index (χ1) is 13.3. The quantitative estimate of drug-likeness (QED) is 0.338. The lowest BCUT2D eigenvalue weighted by Gasteiger charge is -2.42. The standard InChI is InChI=1S/C23H36O5/c1-2-13-22(15-8-16-22)14-7-5-9-18-11-12-20(24)19(18)10-4-3-6-17-23(27,28)21(25)26/h3-5,9,18-19,27-28H,2,6-8,10-17H2,1H3,(H,25,26)/t18-,19+/m0/s1. The molecule has 0 amide bonds. The van der Waals surface area contributed by atoms with Crippen LogP contribution in [0.2, 0.25) is 0 Å². The highest BCUT2D eigenvalue weighted by atomic mass is 16.5. The molecule has 158 valence electrons. The fourth-order valence-electron chi connectivity index (χ4n) is 4.72. The fourth-order valence-corrected chi connectivity index (χ4v) is 4.72. The zero-order chi connectivity index (χ0) is 20.6. The molecule has 0 aromatic heterocycles. The van der Waals surface area contributed by atoms with E-state index in [9.17, 15) is 19.8 Å². The lowest BCUT2D eigenvalue weighted by atomic mass is 9.63. The van der Waals surface area contributed by atoms with Crippen LogP contribution in [0.1, 0.15) is 84.0 Å². The van der Waals surface area contributed by atoms with Crippen molar-refractivity contribution < 1.29 is 24.9 Å². The lowest BCUT2D eigenvalue weighted by molar-refractivity contribution is -0.205. The number of Topliss-reactive ketones (excluding diaryl/α,β-unsaturated/α-hetero) is 1. The molecule has 0 aromatic carbocycles. The van der Waals surface area contributed by atoms with Crippen LogP contribution in [0.5, 0.6) is 0 Å². The molecule has 28 heavy (non-hydrogen) atoms. The van der Waals surface area contributed by atoms with E-state index in [-0.39, 0.29) is 24.7 Å². The third-order valence-electron chi connectivity index (χ3n) is 6.63. The van der Waals surface area contributed by atoms with Crippen LogP contribution in [0, 0.1) is 17.3 Å². The van der Waals surface area contributed by atoms with Crippen molar-refractivity contribution in [3.05, 3.63) is 24.3 Å². The van der Waals surface area contributed by atoms with Gasteiger partial charge in [-0.3, -0.25) is 4.79 Å². The van der Waals surface area contributed by atoms with Gasteiger partial charge in [0, 0.05) is 18.8 Å². The molecule has 2 aliphatic carbocycles. The summed E-state index contributed by atoms with van der Waals surface area (Å²) >= 11 is 0. The van der Waals surface area contributed by atoms with Gasteiger partial charge in [0.15, 0.2) is 0 Å². The number of hydrogen-bond donors (Lipinski definition) is 3. The Hall–Kier alpha value is -1.46. The molecule has 2 saturated carbocycles. The van der Waals surface area contributed by atoms with E-state index in [4.69, 9.17) is 5.11 Å². The molecule has 0 radical (unpaired) electrons. The van der Waals surface area contributed by atoms with Crippen LogP contribution in [0.15, 0.2) is 24.3 Å². The Labute approximate surface area is 168 Å². The Morgan fingerprint density at radius 2 is 1.93 bits per heavy atom. The van der Waals surface area contributed by atoms with E-state index in [1.54, 1.807) is 6.08 Å². The molecule has 2 aliphatic rings. The number of hydrogen-bond acceptors (Lipinski definition) is 4. The van der Waals surface area contributed by atoms with Gasteiger partial charge in [-0.1, -0.05) is 44.1 Å². The zero-order valence-electron chi connectivity index (χ0n) is 17.1. The van der Waals surface area contributed by atoms with Crippen molar-refractivity contribution in [2.24, 2.45) is 17.3 Å². The van der Waals surface area contributed by atoms with Crippen LogP contribution in [0.3, 0.4) is 0 Å². The highest BCUT2D eigenvalue weighted by molar-refractivity contribution is 5.83. The Morgan fingerprint density at radius 3 is 2.54 bits per heavy atom. The molecule has 0 aromatic rings.